The van der Waals surface area contributed by atoms with Crippen LogP contribution in [0.2, 0.25) is 0 Å². The molecule has 1 aliphatic carbocycles. The van der Waals surface area contributed by atoms with Crippen molar-refractivity contribution in [2.45, 2.75) is 69.6 Å². The molecule has 0 bridgehead atoms. The molecule has 3 atom stereocenters. The number of nitrogens with zero attached hydrogens (tertiary/aromatic N) is 1. The third kappa shape index (κ3) is 3.14. The summed E-state index contributed by atoms with van der Waals surface area (Å²) in [4.78, 5) is 2.68. The van der Waals surface area contributed by atoms with E-state index in [0.717, 1.165) is 25.1 Å². The first-order chi connectivity index (χ1) is 9.38. The molecule has 3 fully saturated rings. The van der Waals surface area contributed by atoms with Gasteiger partial charge in [0.2, 0.25) is 0 Å². The van der Waals surface area contributed by atoms with Crippen molar-refractivity contribution in [2.24, 2.45) is 5.92 Å². The van der Waals surface area contributed by atoms with Crippen LogP contribution in [0.3, 0.4) is 0 Å². The van der Waals surface area contributed by atoms with Crippen LogP contribution in [0.5, 0.6) is 0 Å². The maximum atomic E-state index is 6.23. The van der Waals surface area contributed by atoms with Crippen molar-refractivity contribution in [2.75, 3.05) is 26.7 Å². The SMILES string of the molecule is CNC(C1CCCCCC1)C1CN2CCCC2CO1. The molecule has 3 nitrogen and oxygen atoms in total. The maximum Gasteiger partial charge on any atom is 0.0858 e. The molecule has 3 unspecified atom stereocenters. The fraction of sp³-hybridized carbons (Fsp3) is 1.00. The zero-order chi connectivity index (χ0) is 13.1. The van der Waals surface area contributed by atoms with Gasteiger partial charge in [0.05, 0.1) is 12.7 Å². The van der Waals surface area contributed by atoms with E-state index < -0.39 is 0 Å². The van der Waals surface area contributed by atoms with Crippen LogP contribution >= 0.6 is 0 Å². The molecule has 0 aromatic carbocycles. The predicted molar refractivity (Wildman–Crippen MR) is 78.4 cm³/mol. The zero-order valence-electron chi connectivity index (χ0n) is 12.4. The van der Waals surface area contributed by atoms with Crippen molar-refractivity contribution in [3.63, 3.8) is 0 Å². The highest BCUT2D eigenvalue weighted by Gasteiger charge is 2.37. The minimum absolute atomic E-state index is 0.419. The van der Waals surface area contributed by atoms with Gasteiger partial charge in [-0.2, -0.15) is 0 Å². The Morgan fingerprint density at radius 3 is 2.58 bits per heavy atom. The average molecular weight is 266 g/mol. The van der Waals surface area contributed by atoms with E-state index in [1.807, 2.05) is 0 Å². The van der Waals surface area contributed by atoms with Crippen LogP contribution in [0.1, 0.15) is 51.4 Å². The van der Waals surface area contributed by atoms with E-state index in [-0.39, 0.29) is 0 Å². The summed E-state index contributed by atoms with van der Waals surface area (Å²) in [7, 11) is 2.13. The first kappa shape index (κ1) is 13.8. The second-order valence-corrected chi connectivity index (χ2v) is 6.73. The second kappa shape index (κ2) is 6.55. The molecule has 0 amide bonds. The molecule has 3 rings (SSSR count). The minimum Gasteiger partial charge on any atom is -0.374 e. The van der Waals surface area contributed by atoms with Crippen molar-refractivity contribution in [1.29, 1.82) is 0 Å². The minimum atomic E-state index is 0.419. The number of rotatable bonds is 3. The van der Waals surface area contributed by atoms with Crippen LogP contribution in [0.25, 0.3) is 0 Å². The van der Waals surface area contributed by atoms with Crippen molar-refractivity contribution >= 4 is 0 Å². The van der Waals surface area contributed by atoms with Gasteiger partial charge >= 0.3 is 0 Å². The fourth-order valence-corrected chi connectivity index (χ4v) is 4.46. The van der Waals surface area contributed by atoms with Crippen LogP contribution in [0.4, 0.5) is 0 Å². The van der Waals surface area contributed by atoms with Crippen LogP contribution in [0, 0.1) is 5.92 Å². The Morgan fingerprint density at radius 2 is 1.84 bits per heavy atom. The summed E-state index contributed by atoms with van der Waals surface area (Å²) in [5.74, 6) is 0.830. The number of hydrogen-bond donors (Lipinski definition) is 1. The van der Waals surface area contributed by atoms with E-state index >= 15 is 0 Å². The molecule has 0 radical (unpaired) electrons. The van der Waals surface area contributed by atoms with Crippen molar-refractivity contribution < 1.29 is 4.74 Å². The van der Waals surface area contributed by atoms with Crippen molar-refractivity contribution in [1.82, 2.24) is 10.2 Å². The number of fused-ring (bicyclic) bond motifs is 1. The average Bonchev–Trinajstić information content (AvgIpc) is 2.74. The van der Waals surface area contributed by atoms with Gasteiger partial charge in [0.1, 0.15) is 0 Å². The Morgan fingerprint density at radius 1 is 1.05 bits per heavy atom. The first-order valence-electron chi connectivity index (χ1n) is 8.41. The topological polar surface area (TPSA) is 24.5 Å². The number of morpholine rings is 1. The summed E-state index contributed by atoms with van der Waals surface area (Å²) in [5, 5.41) is 3.60. The van der Waals surface area contributed by atoms with E-state index in [9.17, 15) is 0 Å². The fourth-order valence-electron chi connectivity index (χ4n) is 4.46. The van der Waals surface area contributed by atoms with Gasteiger partial charge in [-0.3, -0.25) is 4.90 Å². The van der Waals surface area contributed by atoms with Crippen molar-refractivity contribution in [3.05, 3.63) is 0 Å². The highest BCUT2D eigenvalue weighted by atomic mass is 16.5. The molecule has 0 spiro atoms. The Balaban J connectivity index is 1.61. The first-order valence-corrected chi connectivity index (χ1v) is 8.41. The van der Waals surface area contributed by atoms with E-state index in [1.54, 1.807) is 0 Å². The lowest BCUT2D eigenvalue weighted by atomic mass is 9.87. The Hall–Kier alpha value is -0.120. The highest BCUT2D eigenvalue weighted by molar-refractivity contribution is 4.92. The molecule has 1 saturated carbocycles. The molecular weight excluding hydrogens is 236 g/mol. The predicted octanol–water partition coefficient (Wildman–Crippen LogP) is 2.41. The molecule has 19 heavy (non-hydrogen) atoms. The molecular formula is C16H30N2O. The molecule has 2 saturated heterocycles. The molecule has 110 valence electrons. The number of hydrogen-bond acceptors (Lipinski definition) is 3. The van der Waals surface area contributed by atoms with Crippen LogP contribution in [-0.2, 0) is 4.74 Å². The summed E-state index contributed by atoms with van der Waals surface area (Å²) >= 11 is 0. The smallest absolute Gasteiger partial charge is 0.0858 e. The molecule has 2 aliphatic heterocycles. The molecule has 0 aromatic rings. The monoisotopic (exact) mass is 266 g/mol. The Kier molecular flexibility index (Phi) is 4.78. The van der Waals surface area contributed by atoms with Crippen LogP contribution < -0.4 is 5.32 Å². The van der Waals surface area contributed by atoms with E-state index in [1.165, 1.54) is 57.9 Å². The summed E-state index contributed by atoms with van der Waals surface area (Å²) in [6, 6.07) is 1.29. The van der Waals surface area contributed by atoms with Crippen LogP contribution in [-0.4, -0.2) is 49.8 Å². The highest BCUT2D eigenvalue weighted by Crippen LogP contribution is 2.31. The van der Waals surface area contributed by atoms with Crippen LogP contribution in [0.15, 0.2) is 0 Å². The van der Waals surface area contributed by atoms with Gasteiger partial charge in [0.25, 0.3) is 0 Å². The third-order valence-electron chi connectivity index (χ3n) is 5.56. The summed E-state index contributed by atoms with van der Waals surface area (Å²) in [5.41, 5.74) is 0. The number of nitrogens with one attached hydrogen (secondary N) is 1. The Labute approximate surface area is 118 Å². The molecule has 1 N–H and O–H groups in total. The van der Waals surface area contributed by atoms with Gasteiger partial charge in [-0.05, 0) is 45.2 Å². The third-order valence-corrected chi connectivity index (χ3v) is 5.56. The lowest BCUT2D eigenvalue weighted by molar-refractivity contribution is -0.0732. The molecule has 3 aliphatic rings. The van der Waals surface area contributed by atoms with Gasteiger partial charge in [-0.1, -0.05) is 25.7 Å². The normalized spacial score (nSPS) is 35.8. The van der Waals surface area contributed by atoms with Gasteiger partial charge < -0.3 is 10.1 Å². The van der Waals surface area contributed by atoms with Gasteiger partial charge in [-0.25, -0.2) is 0 Å². The summed E-state index contributed by atoms with van der Waals surface area (Å²) in [6.07, 6.45) is 11.6. The number of ether oxygens (including phenoxy) is 1. The molecule has 3 heteroatoms. The van der Waals surface area contributed by atoms with Gasteiger partial charge in [-0.15, -0.1) is 0 Å². The van der Waals surface area contributed by atoms with E-state index in [2.05, 4.69) is 17.3 Å². The quantitative estimate of drug-likeness (QED) is 0.794. The standard InChI is InChI=1S/C16H30N2O/c1-17-16(13-7-4-2-3-5-8-13)15-11-18-10-6-9-14(18)12-19-15/h13-17H,2-12H2,1H3. The Bertz CT molecular complexity index is 276. The van der Waals surface area contributed by atoms with Gasteiger partial charge in [0.15, 0.2) is 0 Å². The van der Waals surface area contributed by atoms with Crippen molar-refractivity contribution in [3.8, 4) is 0 Å². The maximum absolute atomic E-state index is 6.23. The summed E-state index contributed by atoms with van der Waals surface area (Å²) in [6.45, 7) is 3.42. The summed E-state index contributed by atoms with van der Waals surface area (Å²) < 4.78 is 6.23. The zero-order valence-corrected chi connectivity index (χ0v) is 12.4. The van der Waals surface area contributed by atoms with Gasteiger partial charge in [0, 0.05) is 18.6 Å². The lowest BCUT2D eigenvalue weighted by Crippen LogP contribution is -2.55. The molecule has 2 heterocycles. The second-order valence-electron chi connectivity index (χ2n) is 6.73. The van der Waals surface area contributed by atoms with E-state index in [4.69, 9.17) is 4.74 Å². The largest absolute Gasteiger partial charge is 0.374 e. The van der Waals surface area contributed by atoms with E-state index in [0.29, 0.717) is 12.1 Å². The lowest BCUT2D eigenvalue weighted by Gasteiger charge is -2.41. The number of likely N-dealkylation sites (N-methyl/N-ethyl adjacent to an activating group) is 1. The molecule has 0 aromatic heterocycles.